The minimum Gasteiger partial charge on any atom is -0.205 e. The van der Waals surface area contributed by atoms with Crippen molar-refractivity contribution in [1.29, 1.82) is 0 Å². The SMILES string of the molecule is Fc1cc(-c2ccc(-c3ccc4c(c3)sc3c5ccccc5sc43)s2)sc1-c1cccc2sc3c4ccccc4sc3c12. The van der Waals surface area contributed by atoms with E-state index < -0.39 is 0 Å². The Morgan fingerprint density at radius 1 is 0.419 bits per heavy atom. The van der Waals surface area contributed by atoms with Crippen LogP contribution < -0.4 is 0 Å². The van der Waals surface area contributed by atoms with Gasteiger partial charge in [0.05, 0.1) is 23.7 Å². The van der Waals surface area contributed by atoms with E-state index in [0.29, 0.717) is 0 Å². The number of rotatable bonds is 3. The molecule has 43 heavy (non-hydrogen) atoms. The molecule has 0 aliphatic carbocycles. The number of benzene rings is 4. The Balaban J connectivity index is 1.05. The molecule has 0 fully saturated rings. The van der Waals surface area contributed by atoms with Crippen molar-refractivity contribution < 1.29 is 4.39 Å². The minimum absolute atomic E-state index is 0.143. The number of halogens is 1. The summed E-state index contributed by atoms with van der Waals surface area (Å²) in [5, 5.41) is 5.16. The van der Waals surface area contributed by atoms with Crippen molar-refractivity contribution in [2.45, 2.75) is 0 Å². The molecule has 0 amide bonds. The molecule has 0 spiro atoms. The summed E-state index contributed by atoms with van der Waals surface area (Å²) < 4.78 is 26.2. The van der Waals surface area contributed by atoms with Crippen molar-refractivity contribution >= 4 is 127 Å². The van der Waals surface area contributed by atoms with Gasteiger partial charge in [-0.05, 0) is 48.0 Å². The second kappa shape index (κ2) is 9.29. The predicted octanol–water partition coefficient (Wildman–Crippen LogP) is 14.1. The largest absolute Gasteiger partial charge is 0.205 e. The van der Waals surface area contributed by atoms with E-state index in [2.05, 4.69) is 97.1 Å². The van der Waals surface area contributed by atoms with Gasteiger partial charge in [0.2, 0.25) is 0 Å². The maximum atomic E-state index is 15.7. The molecule has 0 saturated carbocycles. The third-order valence-electron chi connectivity index (χ3n) is 8.07. The number of fused-ring (bicyclic) bond motifs is 10. The predicted molar refractivity (Wildman–Crippen MR) is 195 cm³/mol. The molecule has 4 aromatic carbocycles. The molecule has 0 nitrogen and oxygen atoms in total. The summed E-state index contributed by atoms with van der Waals surface area (Å²) in [4.78, 5) is 4.02. The van der Waals surface area contributed by atoms with Gasteiger partial charge >= 0.3 is 0 Å². The van der Waals surface area contributed by atoms with Gasteiger partial charge in [0.15, 0.2) is 0 Å². The quantitative estimate of drug-likeness (QED) is 0.177. The third-order valence-corrected chi connectivity index (χ3v) is 15.6. The zero-order chi connectivity index (χ0) is 28.2. The summed E-state index contributed by atoms with van der Waals surface area (Å²) in [5.74, 6) is -0.143. The Hall–Kier alpha value is -3.43. The molecular formula is C36H17FS6. The molecule has 10 aromatic rings. The van der Waals surface area contributed by atoms with Gasteiger partial charge in [0.1, 0.15) is 5.82 Å². The van der Waals surface area contributed by atoms with Crippen LogP contribution in [0.25, 0.3) is 89.8 Å². The van der Waals surface area contributed by atoms with Crippen molar-refractivity contribution in [3.05, 3.63) is 109 Å². The maximum absolute atomic E-state index is 15.7. The Kier molecular flexibility index (Phi) is 5.39. The van der Waals surface area contributed by atoms with Crippen molar-refractivity contribution in [2.24, 2.45) is 0 Å². The first kappa shape index (κ1) is 25.0. The zero-order valence-corrected chi connectivity index (χ0v) is 27.0. The summed E-state index contributed by atoms with van der Waals surface area (Å²) in [6.07, 6.45) is 0. The van der Waals surface area contributed by atoms with Gasteiger partial charge < -0.3 is 0 Å². The van der Waals surface area contributed by atoms with Crippen LogP contribution in [-0.2, 0) is 0 Å². The molecule has 0 aliphatic heterocycles. The molecule has 0 radical (unpaired) electrons. The van der Waals surface area contributed by atoms with Gasteiger partial charge in [-0.1, -0.05) is 60.7 Å². The van der Waals surface area contributed by atoms with Gasteiger partial charge in [-0.2, -0.15) is 0 Å². The molecule has 0 saturated heterocycles. The average Bonchev–Trinajstić information content (AvgIpc) is 3.86. The molecule has 204 valence electrons. The fourth-order valence-electron chi connectivity index (χ4n) is 6.09. The number of hydrogen-bond acceptors (Lipinski definition) is 6. The van der Waals surface area contributed by atoms with E-state index in [1.165, 1.54) is 69.6 Å². The van der Waals surface area contributed by atoms with E-state index in [-0.39, 0.29) is 5.82 Å². The van der Waals surface area contributed by atoms with Crippen LogP contribution in [0.2, 0.25) is 0 Å². The first-order valence-electron chi connectivity index (χ1n) is 13.8. The van der Waals surface area contributed by atoms with Crippen molar-refractivity contribution in [3.63, 3.8) is 0 Å². The smallest absolute Gasteiger partial charge is 0.142 e. The highest BCUT2D eigenvalue weighted by molar-refractivity contribution is 7.37. The summed E-state index contributed by atoms with van der Waals surface area (Å²) in [6.45, 7) is 0. The monoisotopic (exact) mass is 660 g/mol. The second-order valence-corrected chi connectivity index (χ2v) is 16.9. The van der Waals surface area contributed by atoms with Crippen molar-refractivity contribution in [2.75, 3.05) is 0 Å². The molecule has 0 unspecified atom stereocenters. The topological polar surface area (TPSA) is 0 Å². The van der Waals surface area contributed by atoms with Crippen LogP contribution >= 0.6 is 68.0 Å². The molecule has 6 heterocycles. The second-order valence-electron chi connectivity index (χ2n) is 10.6. The summed E-state index contributed by atoms with van der Waals surface area (Å²) in [5.41, 5.74) is 2.21. The van der Waals surface area contributed by atoms with Crippen molar-refractivity contribution in [1.82, 2.24) is 0 Å². The lowest BCUT2D eigenvalue weighted by atomic mass is 10.1. The molecule has 0 N–H and O–H groups in total. The lowest BCUT2D eigenvalue weighted by Gasteiger charge is -2.01. The zero-order valence-electron chi connectivity index (χ0n) is 22.1. The van der Waals surface area contributed by atoms with E-state index >= 15 is 4.39 Å². The van der Waals surface area contributed by atoms with Crippen LogP contribution in [0.4, 0.5) is 4.39 Å². The third kappa shape index (κ3) is 3.67. The number of hydrogen-bond donors (Lipinski definition) is 0. The van der Waals surface area contributed by atoms with Gasteiger partial charge in [-0.25, -0.2) is 4.39 Å². The normalized spacial score (nSPS) is 12.3. The van der Waals surface area contributed by atoms with Crippen LogP contribution in [0.5, 0.6) is 0 Å². The molecular weight excluding hydrogens is 644 g/mol. The van der Waals surface area contributed by atoms with Crippen LogP contribution in [0.3, 0.4) is 0 Å². The lowest BCUT2D eigenvalue weighted by molar-refractivity contribution is 0.637. The summed E-state index contributed by atoms with van der Waals surface area (Å²) >= 11 is 10.7. The number of thiophene rings is 6. The first-order chi connectivity index (χ1) is 21.2. The van der Waals surface area contributed by atoms with Gasteiger partial charge in [0.25, 0.3) is 0 Å². The minimum atomic E-state index is -0.143. The van der Waals surface area contributed by atoms with E-state index in [1.807, 2.05) is 45.3 Å². The fourth-order valence-corrected chi connectivity index (χ4v) is 13.7. The van der Waals surface area contributed by atoms with Gasteiger partial charge in [0, 0.05) is 60.5 Å². The molecule has 10 rings (SSSR count). The molecule has 0 atom stereocenters. The van der Waals surface area contributed by atoms with Crippen molar-refractivity contribution in [3.8, 4) is 30.6 Å². The van der Waals surface area contributed by atoms with Crippen LogP contribution in [0.15, 0.2) is 103 Å². The summed E-state index contributed by atoms with van der Waals surface area (Å²) in [6, 6.07) is 36.5. The van der Waals surface area contributed by atoms with E-state index in [4.69, 9.17) is 0 Å². The Morgan fingerprint density at radius 2 is 1.05 bits per heavy atom. The maximum Gasteiger partial charge on any atom is 0.142 e. The Labute approximate surface area is 269 Å². The first-order valence-corrected chi connectivity index (χ1v) is 18.7. The lowest BCUT2D eigenvalue weighted by Crippen LogP contribution is -1.77. The molecule has 0 aliphatic rings. The highest BCUT2D eigenvalue weighted by atomic mass is 32.1. The molecule has 7 heteroatoms. The highest BCUT2D eigenvalue weighted by Gasteiger charge is 2.20. The van der Waals surface area contributed by atoms with Crippen LogP contribution in [0.1, 0.15) is 0 Å². The molecule has 6 aromatic heterocycles. The van der Waals surface area contributed by atoms with Crippen LogP contribution in [-0.4, -0.2) is 0 Å². The fraction of sp³-hybridized carbons (Fsp3) is 0. The highest BCUT2D eigenvalue weighted by Crippen LogP contribution is 2.50. The van der Waals surface area contributed by atoms with E-state index in [1.54, 1.807) is 28.7 Å². The van der Waals surface area contributed by atoms with E-state index in [0.717, 1.165) is 20.2 Å². The van der Waals surface area contributed by atoms with Gasteiger partial charge in [-0.15, -0.1) is 68.0 Å². The van der Waals surface area contributed by atoms with Crippen LogP contribution in [0, 0.1) is 5.82 Å². The standard InChI is InChI=1S/C36H17FS6/c37-23-17-30(43-32(23)22-8-5-11-28-31(22)36-35(41-28)20-7-2-4-10-26(20)40-36)27-15-14-24(38-27)18-12-13-21-29(16-18)42-33-19-6-1-3-9-25(19)39-34(21)33/h1-17H. The Bertz CT molecular complexity index is 2700. The summed E-state index contributed by atoms with van der Waals surface area (Å²) in [7, 11) is 0. The average molecular weight is 661 g/mol. The van der Waals surface area contributed by atoms with E-state index in [9.17, 15) is 0 Å². The van der Waals surface area contributed by atoms with Gasteiger partial charge in [-0.3, -0.25) is 0 Å². The Morgan fingerprint density at radius 3 is 1.86 bits per heavy atom. The molecule has 0 bridgehead atoms.